The smallest absolute Gasteiger partial charge is 0.251 e. The number of benzene rings is 2. The van der Waals surface area contributed by atoms with Crippen LogP contribution in [0.4, 0.5) is 8.78 Å². The summed E-state index contributed by atoms with van der Waals surface area (Å²) in [6.45, 7) is 3.71. The molecule has 24 heavy (non-hydrogen) atoms. The molecule has 0 bridgehead atoms. The van der Waals surface area contributed by atoms with Crippen LogP contribution >= 0.6 is 0 Å². The summed E-state index contributed by atoms with van der Waals surface area (Å²) < 4.78 is 26.2. The maximum absolute atomic E-state index is 13.2. The fourth-order valence-electron chi connectivity index (χ4n) is 3.14. The van der Waals surface area contributed by atoms with Gasteiger partial charge in [-0.15, -0.1) is 0 Å². The molecule has 1 aliphatic rings. The van der Waals surface area contributed by atoms with E-state index in [4.69, 9.17) is 0 Å². The molecule has 0 aliphatic carbocycles. The molecular formula is C19H21F2N2O+. The molecule has 1 aliphatic heterocycles. The summed E-state index contributed by atoms with van der Waals surface area (Å²) in [5, 5.41) is 2.79. The quantitative estimate of drug-likeness (QED) is 0.864. The van der Waals surface area contributed by atoms with Gasteiger partial charge in [0.05, 0.1) is 13.1 Å². The Morgan fingerprint density at radius 2 is 1.71 bits per heavy atom. The van der Waals surface area contributed by atoms with E-state index in [1.807, 2.05) is 18.2 Å². The van der Waals surface area contributed by atoms with Crippen LogP contribution in [0.3, 0.4) is 0 Å². The Balaban J connectivity index is 1.65. The second-order valence-electron chi connectivity index (χ2n) is 6.21. The van der Waals surface area contributed by atoms with Gasteiger partial charge < -0.3 is 10.2 Å². The van der Waals surface area contributed by atoms with Crippen LogP contribution in [0.25, 0.3) is 0 Å². The van der Waals surface area contributed by atoms with E-state index in [-0.39, 0.29) is 5.56 Å². The summed E-state index contributed by atoms with van der Waals surface area (Å²) in [4.78, 5) is 13.7. The van der Waals surface area contributed by atoms with Crippen LogP contribution < -0.4 is 10.2 Å². The van der Waals surface area contributed by atoms with Crippen molar-refractivity contribution in [3.8, 4) is 0 Å². The van der Waals surface area contributed by atoms with E-state index in [0.717, 1.165) is 24.2 Å². The van der Waals surface area contributed by atoms with Gasteiger partial charge in [0.1, 0.15) is 6.54 Å². The van der Waals surface area contributed by atoms with Gasteiger partial charge in [-0.2, -0.15) is 0 Å². The molecule has 1 saturated heterocycles. The summed E-state index contributed by atoms with van der Waals surface area (Å²) in [5.74, 6) is -2.37. The summed E-state index contributed by atoms with van der Waals surface area (Å²) in [7, 11) is 0. The number of halogens is 2. The molecule has 3 nitrogen and oxygen atoms in total. The van der Waals surface area contributed by atoms with Crippen molar-refractivity contribution in [3.05, 3.63) is 70.8 Å². The third-order valence-electron chi connectivity index (χ3n) is 4.49. The highest BCUT2D eigenvalue weighted by Gasteiger charge is 2.17. The van der Waals surface area contributed by atoms with Crippen LogP contribution in [0.15, 0.2) is 42.5 Å². The standard InChI is InChI=1S/C19H20F2N2O/c20-17-8-7-14(11-18(17)21)19(24)22-12-15-5-1-2-6-16(15)13-23-9-3-4-10-23/h1-2,5-8,11H,3-4,9-10,12-13H2,(H,22,24)/p+1. The average Bonchev–Trinajstić information content (AvgIpc) is 3.09. The second kappa shape index (κ2) is 7.53. The molecule has 0 spiro atoms. The zero-order chi connectivity index (χ0) is 16.9. The first kappa shape index (κ1) is 16.6. The number of rotatable bonds is 5. The number of quaternary nitrogens is 1. The predicted octanol–water partition coefficient (Wildman–Crippen LogP) is 2.07. The summed E-state index contributed by atoms with van der Waals surface area (Å²) in [6.07, 6.45) is 2.54. The first-order valence-electron chi connectivity index (χ1n) is 8.27. The number of amides is 1. The molecule has 0 atom stereocenters. The molecule has 126 valence electrons. The van der Waals surface area contributed by atoms with Crippen LogP contribution in [0.5, 0.6) is 0 Å². The minimum Gasteiger partial charge on any atom is -0.348 e. The fraction of sp³-hybridized carbons (Fsp3) is 0.316. The highest BCUT2D eigenvalue weighted by molar-refractivity contribution is 5.94. The molecular weight excluding hydrogens is 310 g/mol. The Morgan fingerprint density at radius 1 is 1.00 bits per heavy atom. The van der Waals surface area contributed by atoms with Crippen molar-refractivity contribution in [2.45, 2.75) is 25.9 Å². The van der Waals surface area contributed by atoms with Gasteiger partial charge in [-0.3, -0.25) is 4.79 Å². The zero-order valence-electron chi connectivity index (χ0n) is 13.4. The average molecular weight is 331 g/mol. The summed E-state index contributed by atoms with van der Waals surface area (Å²) >= 11 is 0. The minimum atomic E-state index is -1.01. The molecule has 0 radical (unpaired) electrons. The highest BCUT2D eigenvalue weighted by Crippen LogP contribution is 2.11. The molecule has 2 aromatic rings. The lowest BCUT2D eigenvalue weighted by Gasteiger charge is -2.15. The van der Waals surface area contributed by atoms with Crippen LogP contribution in [0, 0.1) is 11.6 Å². The van der Waals surface area contributed by atoms with Crippen LogP contribution in [0.2, 0.25) is 0 Å². The zero-order valence-corrected chi connectivity index (χ0v) is 13.4. The maximum atomic E-state index is 13.2. The molecule has 0 unspecified atom stereocenters. The molecule has 3 rings (SSSR count). The van der Waals surface area contributed by atoms with Crippen molar-refractivity contribution in [2.75, 3.05) is 13.1 Å². The van der Waals surface area contributed by atoms with Gasteiger partial charge in [0, 0.05) is 30.5 Å². The van der Waals surface area contributed by atoms with E-state index in [1.165, 1.54) is 37.6 Å². The van der Waals surface area contributed by atoms with Crippen molar-refractivity contribution in [1.82, 2.24) is 5.32 Å². The SMILES string of the molecule is O=C(NCc1ccccc1C[NH+]1CCCC1)c1ccc(F)c(F)c1. The lowest BCUT2D eigenvalue weighted by Crippen LogP contribution is -3.08. The van der Waals surface area contributed by atoms with E-state index in [1.54, 1.807) is 4.90 Å². The predicted molar refractivity (Wildman–Crippen MR) is 87.6 cm³/mol. The molecule has 1 amide bonds. The van der Waals surface area contributed by atoms with Crippen LogP contribution in [-0.4, -0.2) is 19.0 Å². The lowest BCUT2D eigenvalue weighted by atomic mass is 10.1. The van der Waals surface area contributed by atoms with Gasteiger partial charge in [0.15, 0.2) is 11.6 Å². The number of nitrogens with one attached hydrogen (secondary N) is 2. The Morgan fingerprint density at radius 3 is 2.42 bits per heavy atom. The van der Waals surface area contributed by atoms with Gasteiger partial charge in [-0.25, -0.2) is 8.78 Å². The first-order valence-corrected chi connectivity index (χ1v) is 8.27. The van der Waals surface area contributed by atoms with E-state index < -0.39 is 17.5 Å². The van der Waals surface area contributed by atoms with E-state index in [2.05, 4.69) is 11.4 Å². The third kappa shape index (κ3) is 3.97. The van der Waals surface area contributed by atoms with Gasteiger partial charge in [-0.05, 0) is 23.8 Å². The Kier molecular flexibility index (Phi) is 5.20. The van der Waals surface area contributed by atoms with Gasteiger partial charge in [0.2, 0.25) is 0 Å². The largest absolute Gasteiger partial charge is 0.348 e. The molecule has 2 N–H and O–H groups in total. The van der Waals surface area contributed by atoms with Crippen molar-refractivity contribution >= 4 is 5.91 Å². The number of carbonyl (C=O) groups excluding carboxylic acids is 1. The Hall–Kier alpha value is -2.27. The van der Waals surface area contributed by atoms with Gasteiger partial charge in [-0.1, -0.05) is 24.3 Å². The fourth-order valence-corrected chi connectivity index (χ4v) is 3.14. The van der Waals surface area contributed by atoms with Crippen molar-refractivity contribution < 1.29 is 18.5 Å². The normalized spacial score (nSPS) is 14.8. The van der Waals surface area contributed by atoms with Gasteiger partial charge in [0.25, 0.3) is 5.91 Å². The molecule has 1 heterocycles. The third-order valence-corrected chi connectivity index (χ3v) is 4.49. The maximum Gasteiger partial charge on any atom is 0.251 e. The minimum absolute atomic E-state index is 0.122. The van der Waals surface area contributed by atoms with E-state index >= 15 is 0 Å². The van der Waals surface area contributed by atoms with E-state index in [0.29, 0.717) is 6.54 Å². The molecule has 0 saturated carbocycles. The number of likely N-dealkylation sites (tertiary alicyclic amines) is 1. The van der Waals surface area contributed by atoms with Crippen LogP contribution in [0.1, 0.15) is 34.3 Å². The monoisotopic (exact) mass is 331 g/mol. The number of hydrogen-bond donors (Lipinski definition) is 2. The summed E-state index contributed by atoms with van der Waals surface area (Å²) in [5.41, 5.74) is 2.41. The lowest BCUT2D eigenvalue weighted by molar-refractivity contribution is -0.901. The molecule has 1 fully saturated rings. The highest BCUT2D eigenvalue weighted by atomic mass is 19.2. The second-order valence-corrected chi connectivity index (χ2v) is 6.21. The van der Waals surface area contributed by atoms with E-state index in [9.17, 15) is 13.6 Å². The topological polar surface area (TPSA) is 33.5 Å². The van der Waals surface area contributed by atoms with Crippen molar-refractivity contribution in [3.63, 3.8) is 0 Å². The number of carbonyl (C=O) groups is 1. The van der Waals surface area contributed by atoms with Crippen molar-refractivity contribution in [1.29, 1.82) is 0 Å². The van der Waals surface area contributed by atoms with Crippen molar-refractivity contribution in [2.24, 2.45) is 0 Å². The summed E-state index contributed by atoms with van der Waals surface area (Å²) in [6, 6.07) is 11.2. The molecule has 0 aromatic heterocycles. The molecule has 5 heteroatoms. The van der Waals surface area contributed by atoms with Crippen LogP contribution in [-0.2, 0) is 13.1 Å². The Labute approximate surface area is 140 Å². The molecule has 2 aromatic carbocycles. The Bertz CT molecular complexity index is 727. The number of hydrogen-bond acceptors (Lipinski definition) is 1. The van der Waals surface area contributed by atoms with Gasteiger partial charge >= 0.3 is 0 Å². The first-order chi connectivity index (χ1) is 11.6.